The van der Waals surface area contributed by atoms with Crippen LogP contribution < -0.4 is 10.6 Å². The number of ketones is 1. The van der Waals surface area contributed by atoms with Crippen LogP contribution in [0.5, 0.6) is 0 Å². The molecule has 0 heterocycles. The standard InChI is InChI=1S/C37H45F2N3O5/c1-4-16-42(17-5-2)37(47)29-19-25(3)18-28(23-29)36(46)41-32(22-26-20-30(38)24-31(39)21-26)34(44)14-15-40-35(45)13-9-12-33(43)27-10-7-6-8-11-27/h6-8,10-11,18-21,23-24,32,34,44H,4-5,9,12-17,22H2,1-3H3,(H,40,45)(H,41,46)/t32-,34+/m0/s1. The topological polar surface area (TPSA) is 116 Å². The summed E-state index contributed by atoms with van der Waals surface area (Å²) in [7, 11) is 0. The fraction of sp³-hybridized carbons (Fsp3) is 0.405. The molecule has 0 aliphatic heterocycles. The highest BCUT2D eigenvalue weighted by Crippen LogP contribution is 2.17. The minimum atomic E-state index is -1.19. The molecule has 3 rings (SSSR count). The van der Waals surface area contributed by atoms with E-state index in [1.165, 1.54) is 6.07 Å². The largest absolute Gasteiger partial charge is 0.391 e. The summed E-state index contributed by atoms with van der Waals surface area (Å²) in [5.74, 6) is -2.66. The fourth-order valence-corrected chi connectivity index (χ4v) is 5.42. The number of halogens is 2. The maximum absolute atomic E-state index is 14.0. The molecule has 0 aliphatic rings. The van der Waals surface area contributed by atoms with E-state index in [0.717, 1.165) is 31.0 Å². The molecular weight excluding hydrogens is 604 g/mol. The molecule has 252 valence electrons. The summed E-state index contributed by atoms with van der Waals surface area (Å²) in [6.45, 7) is 7.00. The molecule has 0 radical (unpaired) electrons. The Morgan fingerprint density at radius 3 is 2.11 bits per heavy atom. The lowest BCUT2D eigenvalue weighted by atomic mass is 9.97. The number of nitrogens with one attached hydrogen (secondary N) is 2. The molecule has 0 aliphatic carbocycles. The van der Waals surface area contributed by atoms with E-state index in [1.54, 1.807) is 48.2 Å². The predicted octanol–water partition coefficient (Wildman–Crippen LogP) is 5.80. The second-order valence-corrected chi connectivity index (χ2v) is 11.8. The van der Waals surface area contributed by atoms with E-state index < -0.39 is 29.7 Å². The van der Waals surface area contributed by atoms with Crippen molar-refractivity contribution in [2.75, 3.05) is 19.6 Å². The highest BCUT2D eigenvalue weighted by atomic mass is 19.1. The van der Waals surface area contributed by atoms with Crippen molar-refractivity contribution in [3.05, 3.63) is 106 Å². The van der Waals surface area contributed by atoms with Crippen LogP contribution in [0.3, 0.4) is 0 Å². The summed E-state index contributed by atoms with van der Waals surface area (Å²) < 4.78 is 28.0. The molecule has 10 heteroatoms. The third-order valence-corrected chi connectivity index (χ3v) is 7.69. The van der Waals surface area contributed by atoms with Gasteiger partial charge in [-0.15, -0.1) is 0 Å². The Morgan fingerprint density at radius 2 is 1.47 bits per heavy atom. The lowest BCUT2D eigenvalue weighted by Gasteiger charge is -2.25. The van der Waals surface area contributed by atoms with Gasteiger partial charge in [0.25, 0.3) is 11.8 Å². The molecular formula is C37H45F2N3O5. The van der Waals surface area contributed by atoms with Gasteiger partial charge in [0.05, 0.1) is 12.1 Å². The number of hydrogen-bond donors (Lipinski definition) is 3. The number of Topliss-reactive ketones (excluding diaryl/α,β-unsaturated/α-hetero) is 1. The van der Waals surface area contributed by atoms with E-state index in [1.807, 2.05) is 19.9 Å². The van der Waals surface area contributed by atoms with Gasteiger partial charge >= 0.3 is 0 Å². The van der Waals surface area contributed by atoms with E-state index in [0.29, 0.717) is 36.2 Å². The smallest absolute Gasteiger partial charge is 0.253 e. The summed E-state index contributed by atoms with van der Waals surface area (Å²) in [4.78, 5) is 53.2. The van der Waals surface area contributed by atoms with Crippen LogP contribution in [-0.2, 0) is 11.2 Å². The van der Waals surface area contributed by atoms with Crippen LogP contribution in [-0.4, -0.2) is 65.3 Å². The average molecular weight is 650 g/mol. The highest BCUT2D eigenvalue weighted by Gasteiger charge is 2.24. The minimum Gasteiger partial charge on any atom is -0.391 e. The van der Waals surface area contributed by atoms with E-state index in [4.69, 9.17) is 0 Å². The molecule has 0 saturated carbocycles. The molecule has 47 heavy (non-hydrogen) atoms. The van der Waals surface area contributed by atoms with Gasteiger partial charge in [-0.1, -0.05) is 44.2 Å². The van der Waals surface area contributed by atoms with Crippen molar-refractivity contribution in [1.29, 1.82) is 0 Å². The van der Waals surface area contributed by atoms with Crippen LogP contribution in [0.25, 0.3) is 0 Å². The van der Waals surface area contributed by atoms with E-state index in [2.05, 4.69) is 10.6 Å². The number of benzene rings is 3. The Kier molecular flexibility index (Phi) is 14.7. The molecule has 2 atom stereocenters. The van der Waals surface area contributed by atoms with Crippen LogP contribution in [0.4, 0.5) is 8.78 Å². The van der Waals surface area contributed by atoms with E-state index in [-0.39, 0.29) is 61.0 Å². The van der Waals surface area contributed by atoms with Crippen molar-refractivity contribution in [3.63, 3.8) is 0 Å². The number of aryl methyl sites for hydroxylation is 1. The molecule has 8 nitrogen and oxygen atoms in total. The second-order valence-electron chi connectivity index (χ2n) is 11.8. The van der Waals surface area contributed by atoms with Crippen LogP contribution in [0.1, 0.15) is 94.6 Å². The first kappa shape index (κ1) is 37.0. The first-order chi connectivity index (χ1) is 22.5. The molecule has 0 fully saturated rings. The van der Waals surface area contributed by atoms with Gasteiger partial charge in [-0.3, -0.25) is 19.2 Å². The molecule has 3 aromatic rings. The maximum atomic E-state index is 14.0. The minimum absolute atomic E-state index is 0.0397. The summed E-state index contributed by atoms with van der Waals surface area (Å²) in [5, 5.41) is 16.6. The van der Waals surface area contributed by atoms with Crippen LogP contribution in [0, 0.1) is 18.6 Å². The van der Waals surface area contributed by atoms with Gasteiger partial charge in [-0.2, -0.15) is 0 Å². The Labute approximate surface area is 275 Å². The molecule has 3 N–H and O–H groups in total. The number of nitrogens with zero attached hydrogens (tertiary/aromatic N) is 1. The van der Waals surface area contributed by atoms with Crippen LogP contribution >= 0.6 is 0 Å². The quantitative estimate of drug-likeness (QED) is 0.151. The third-order valence-electron chi connectivity index (χ3n) is 7.69. The van der Waals surface area contributed by atoms with Gasteiger partial charge in [0.15, 0.2) is 5.78 Å². The highest BCUT2D eigenvalue weighted by molar-refractivity contribution is 6.00. The predicted molar refractivity (Wildman–Crippen MR) is 177 cm³/mol. The van der Waals surface area contributed by atoms with E-state index >= 15 is 0 Å². The van der Waals surface area contributed by atoms with Gasteiger partial charge in [0, 0.05) is 55.2 Å². The molecule has 0 unspecified atom stereocenters. The van der Waals surface area contributed by atoms with Gasteiger partial charge in [-0.05, 0) is 80.5 Å². The van der Waals surface area contributed by atoms with Crippen molar-refractivity contribution in [2.24, 2.45) is 0 Å². The zero-order valence-corrected chi connectivity index (χ0v) is 27.4. The number of amides is 3. The molecule has 3 aromatic carbocycles. The van der Waals surface area contributed by atoms with Gasteiger partial charge in [0.1, 0.15) is 11.6 Å². The number of rotatable bonds is 18. The van der Waals surface area contributed by atoms with Crippen molar-refractivity contribution in [1.82, 2.24) is 15.5 Å². The number of carbonyl (C=O) groups is 4. The summed E-state index contributed by atoms with van der Waals surface area (Å²) >= 11 is 0. The zero-order chi connectivity index (χ0) is 34.3. The van der Waals surface area contributed by atoms with Gasteiger partial charge < -0.3 is 20.6 Å². The lowest BCUT2D eigenvalue weighted by molar-refractivity contribution is -0.121. The van der Waals surface area contributed by atoms with Crippen molar-refractivity contribution in [2.45, 2.75) is 77.9 Å². The first-order valence-electron chi connectivity index (χ1n) is 16.2. The molecule has 0 bridgehead atoms. The maximum Gasteiger partial charge on any atom is 0.253 e. The number of aliphatic hydroxyl groups is 1. The average Bonchev–Trinajstić information content (AvgIpc) is 3.03. The number of hydrogen-bond acceptors (Lipinski definition) is 5. The van der Waals surface area contributed by atoms with Gasteiger partial charge in [-0.25, -0.2) is 8.78 Å². The fourth-order valence-electron chi connectivity index (χ4n) is 5.42. The molecule has 3 amide bonds. The molecule has 0 spiro atoms. The van der Waals surface area contributed by atoms with Gasteiger partial charge in [0.2, 0.25) is 5.91 Å². The van der Waals surface area contributed by atoms with Crippen molar-refractivity contribution >= 4 is 23.5 Å². The first-order valence-corrected chi connectivity index (χ1v) is 16.2. The van der Waals surface area contributed by atoms with Crippen LogP contribution in [0.15, 0.2) is 66.7 Å². The normalized spacial score (nSPS) is 12.2. The molecule has 0 saturated heterocycles. The number of aliphatic hydroxyl groups excluding tert-OH is 1. The second kappa shape index (κ2) is 18.6. The SMILES string of the molecule is CCCN(CCC)C(=O)c1cc(C)cc(C(=O)N[C@@H](Cc2cc(F)cc(F)c2)[C@H](O)CCNC(=O)CCCC(=O)c2ccccc2)c1. The van der Waals surface area contributed by atoms with Crippen molar-refractivity contribution < 1.29 is 33.1 Å². The Morgan fingerprint density at radius 1 is 0.830 bits per heavy atom. The third kappa shape index (κ3) is 12.0. The van der Waals surface area contributed by atoms with E-state index in [9.17, 15) is 33.1 Å². The van der Waals surface area contributed by atoms with Crippen molar-refractivity contribution in [3.8, 4) is 0 Å². The monoisotopic (exact) mass is 649 g/mol. The zero-order valence-electron chi connectivity index (χ0n) is 27.4. The summed E-state index contributed by atoms with van der Waals surface area (Å²) in [6, 6.07) is 15.7. The lowest BCUT2D eigenvalue weighted by Crippen LogP contribution is -2.46. The summed E-state index contributed by atoms with van der Waals surface area (Å²) in [6.07, 6.45) is 1.05. The molecule has 0 aromatic heterocycles. The number of carbonyl (C=O) groups excluding carboxylic acids is 4. The Bertz CT molecular complexity index is 1490. The van der Waals surface area contributed by atoms with Crippen LogP contribution in [0.2, 0.25) is 0 Å². The summed E-state index contributed by atoms with van der Waals surface area (Å²) in [5.41, 5.74) is 2.10. The Balaban J connectivity index is 1.67. The Hall–Kier alpha value is -4.44.